The zero-order valence-electron chi connectivity index (χ0n) is 24.7. The number of ether oxygens (including phenoxy) is 2. The van der Waals surface area contributed by atoms with Crippen LogP contribution in [0, 0.1) is 16.7 Å². The van der Waals surface area contributed by atoms with Crippen LogP contribution in [-0.4, -0.2) is 40.3 Å². The van der Waals surface area contributed by atoms with Crippen LogP contribution in [-0.2, 0) is 19.1 Å². The van der Waals surface area contributed by atoms with E-state index in [1.165, 1.54) is 57.8 Å². The van der Waals surface area contributed by atoms with E-state index in [1.807, 2.05) is 0 Å². The van der Waals surface area contributed by atoms with Crippen LogP contribution in [0.5, 0.6) is 0 Å². The topological polar surface area (TPSA) is 76.1 Å². The van der Waals surface area contributed by atoms with E-state index in [0.717, 1.165) is 44.9 Å². The first kappa shape index (κ1) is 29.8. The van der Waals surface area contributed by atoms with Crippen molar-refractivity contribution in [1.29, 1.82) is 0 Å². The fourth-order valence-electron chi connectivity index (χ4n) is 8.33. The number of Topliss-reactive ketones (excluding diaryl/α,β-unsaturated/α-hetero) is 1. The predicted molar refractivity (Wildman–Crippen MR) is 151 cm³/mol. The Labute approximate surface area is 231 Å². The Kier molecular flexibility index (Phi) is 9.19. The van der Waals surface area contributed by atoms with E-state index < -0.39 is 16.8 Å². The molecule has 4 aliphatic rings. The highest BCUT2D eigenvalue weighted by molar-refractivity contribution is 6.01. The zero-order chi connectivity index (χ0) is 27.5. The fraction of sp³-hybridized carbons (Fsp3) is 0.879. The second kappa shape index (κ2) is 11.7. The molecule has 1 aliphatic heterocycles. The van der Waals surface area contributed by atoms with Gasteiger partial charge in [0.1, 0.15) is 17.8 Å². The summed E-state index contributed by atoms with van der Waals surface area (Å²) in [6.07, 6.45) is 24.0. The highest BCUT2D eigenvalue weighted by Crippen LogP contribution is 2.80. The molecule has 1 N–H and O–H groups in total. The number of hydrogen-bond donors (Lipinski definition) is 1. The molecule has 5 atom stereocenters. The Morgan fingerprint density at radius 2 is 1.55 bits per heavy atom. The van der Waals surface area contributed by atoms with Gasteiger partial charge in [0.2, 0.25) is 5.78 Å². The Morgan fingerprint density at radius 1 is 0.947 bits per heavy atom. The number of unbranched alkanes of at least 4 members (excludes halogenated alkanes) is 11. The smallest absolute Gasteiger partial charge is 0.305 e. The highest BCUT2D eigenvalue weighted by Gasteiger charge is 2.93. The largest absolute Gasteiger partial charge is 0.462 e. The second-order valence-electron chi connectivity index (χ2n) is 14.0. The fourth-order valence-corrected chi connectivity index (χ4v) is 8.33. The van der Waals surface area contributed by atoms with Gasteiger partial charge in [-0.15, -0.1) is 0 Å². The average molecular weight is 531 g/mol. The molecule has 38 heavy (non-hydrogen) atoms. The Hall–Kier alpha value is -1.20. The Morgan fingerprint density at radius 3 is 2.16 bits per heavy atom. The third kappa shape index (κ3) is 5.40. The minimum Gasteiger partial charge on any atom is -0.462 e. The van der Waals surface area contributed by atoms with Crippen LogP contribution in [0.2, 0.25) is 0 Å². The number of fused-ring (bicyclic) bond motifs is 2. The molecule has 0 aromatic rings. The summed E-state index contributed by atoms with van der Waals surface area (Å²) in [5, 5.41) is 11.6. The van der Waals surface area contributed by atoms with Gasteiger partial charge in [-0.2, -0.15) is 0 Å². The van der Waals surface area contributed by atoms with Crippen molar-refractivity contribution >= 4 is 11.8 Å². The first-order valence-electron chi connectivity index (χ1n) is 15.9. The Bertz CT molecular complexity index is 879. The number of epoxide rings is 1. The van der Waals surface area contributed by atoms with Crippen LogP contribution in [0.15, 0.2) is 12.2 Å². The summed E-state index contributed by atoms with van der Waals surface area (Å²) in [6.45, 7) is 8.67. The molecule has 0 radical (unpaired) electrons. The molecule has 3 aliphatic carbocycles. The minimum atomic E-state index is -1.37. The minimum absolute atomic E-state index is 0.0409. The third-order valence-corrected chi connectivity index (χ3v) is 10.6. The number of ketones is 1. The van der Waals surface area contributed by atoms with E-state index in [4.69, 9.17) is 9.47 Å². The lowest BCUT2D eigenvalue weighted by atomic mass is 9.43. The van der Waals surface area contributed by atoms with E-state index in [0.29, 0.717) is 12.8 Å². The summed E-state index contributed by atoms with van der Waals surface area (Å²) in [5.74, 6) is -0.558. The van der Waals surface area contributed by atoms with Gasteiger partial charge in [0.15, 0.2) is 5.60 Å². The lowest BCUT2D eigenvalue weighted by Crippen LogP contribution is -2.70. The normalized spacial score (nSPS) is 36.4. The molecule has 5 heteroatoms. The number of carbonyl (C=O) groups is 2. The van der Waals surface area contributed by atoms with Gasteiger partial charge in [0, 0.05) is 17.8 Å². The molecule has 0 amide bonds. The van der Waals surface area contributed by atoms with Crippen LogP contribution in [0.1, 0.15) is 143 Å². The van der Waals surface area contributed by atoms with Gasteiger partial charge in [-0.3, -0.25) is 9.59 Å². The van der Waals surface area contributed by atoms with Crippen molar-refractivity contribution in [1.82, 2.24) is 0 Å². The van der Waals surface area contributed by atoms with Crippen LogP contribution in [0.25, 0.3) is 0 Å². The van der Waals surface area contributed by atoms with Gasteiger partial charge in [-0.1, -0.05) is 91.2 Å². The monoisotopic (exact) mass is 530 g/mol. The molecule has 1 saturated heterocycles. The molecule has 0 aromatic carbocycles. The SMILES string of the molecule is CCCCCCCCC=CCCCCCCCC(=O)OCC12OC13CCC3(C)C1CC(C)(C)CC1(O)C2=O. The third-order valence-electron chi connectivity index (χ3n) is 10.6. The van der Waals surface area contributed by atoms with Gasteiger partial charge in [-0.25, -0.2) is 0 Å². The van der Waals surface area contributed by atoms with Crippen LogP contribution < -0.4 is 0 Å². The maximum atomic E-state index is 13.7. The van der Waals surface area contributed by atoms with Crippen molar-refractivity contribution in [2.24, 2.45) is 16.7 Å². The number of hydrogen-bond acceptors (Lipinski definition) is 5. The molecule has 0 aromatic heterocycles. The lowest BCUT2D eigenvalue weighted by molar-refractivity contribution is -0.176. The van der Waals surface area contributed by atoms with Crippen LogP contribution in [0.4, 0.5) is 0 Å². The van der Waals surface area contributed by atoms with Crippen LogP contribution in [0.3, 0.4) is 0 Å². The molecular weight excluding hydrogens is 476 g/mol. The van der Waals surface area contributed by atoms with Crippen molar-refractivity contribution in [3.63, 3.8) is 0 Å². The van der Waals surface area contributed by atoms with Gasteiger partial charge in [0.05, 0.1) is 0 Å². The Balaban J connectivity index is 1.09. The molecule has 1 spiro atoms. The number of aliphatic hydroxyl groups is 1. The molecule has 0 bridgehead atoms. The molecule has 5 nitrogen and oxygen atoms in total. The number of carbonyl (C=O) groups excluding carboxylic acids is 2. The molecule has 5 unspecified atom stereocenters. The van der Waals surface area contributed by atoms with Gasteiger partial charge < -0.3 is 14.6 Å². The summed E-state index contributed by atoms with van der Waals surface area (Å²) in [5.41, 5.74) is -3.34. The van der Waals surface area contributed by atoms with Gasteiger partial charge >= 0.3 is 5.97 Å². The average Bonchev–Trinajstić information content (AvgIpc) is 3.52. The van der Waals surface area contributed by atoms with E-state index in [1.54, 1.807) is 0 Å². The standard InChI is InChI=1S/C33H54O5/c1-5-6-7-8-9-10-11-12-13-14-15-16-17-18-19-20-27(34)37-25-32-28(35)31(36)24-29(2,3)23-26(31)30(4)21-22-33(30,32)38-32/h12-13,26,36H,5-11,14-25H2,1-4H3. The summed E-state index contributed by atoms with van der Waals surface area (Å²) in [7, 11) is 0. The van der Waals surface area contributed by atoms with Crippen LogP contribution >= 0.6 is 0 Å². The molecule has 4 fully saturated rings. The maximum absolute atomic E-state index is 13.7. The highest BCUT2D eigenvalue weighted by atomic mass is 16.7. The van der Waals surface area contributed by atoms with E-state index in [9.17, 15) is 14.7 Å². The van der Waals surface area contributed by atoms with Crippen molar-refractivity contribution in [2.45, 2.75) is 160 Å². The quantitative estimate of drug-likeness (QED) is 0.0905. The summed E-state index contributed by atoms with van der Waals surface area (Å²) in [4.78, 5) is 26.2. The van der Waals surface area contributed by atoms with Crippen molar-refractivity contribution in [2.75, 3.05) is 6.61 Å². The summed E-state index contributed by atoms with van der Waals surface area (Å²) in [6, 6.07) is 0. The molecular formula is C33H54O5. The van der Waals surface area contributed by atoms with Crippen molar-refractivity contribution < 1.29 is 24.2 Å². The zero-order valence-corrected chi connectivity index (χ0v) is 24.7. The van der Waals surface area contributed by atoms with Gasteiger partial charge in [0.25, 0.3) is 0 Å². The number of esters is 1. The first-order chi connectivity index (χ1) is 18.1. The van der Waals surface area contributed by atoms with Crippen molar-refractivity contribution in [3.8, 4) is 0 Å². The number of allylic oxidation sites excluding steroid dienone is 2. The first-order valence-corrected chi connectivity index (χ1v) is 15.9. The van der Waals surface area contributed by atoms with Crippen molar-refractivity contribution in [3.05, 3.63) is 12.2 Å². The maximum Gasteiger partial charge on any atom is 0.305 e. The molecule has 1 heterocycles. The molecule has 3 saturated carbocycles. The predicted octanol–water partition coefficient (Wildman–Crippen LogP) is 7.63. The van der Waals surface area contributed by atoms with E-state index in [-0.39, 0.29) is 35.1 Å². The number of rotatable bonds is 17. The lowest BCUT2D eigenvalue weighted by Gasteiger charge is -2.57. The van der Waals surface area contributed by atoms with E-state index >= 15 is 0 Å². The van der Waals surface area contributed by atoms with E-state index in [2.05, 4.69) is 39.8 Å². The summed E-state index contributed by atoms with van der Waals surface area (Å²) >= 11 is 0. The second-order valence-corrected chi connectivity index (χ2v) is 14.0. The van der Waals surface area contributed by atoms with Gasteiger partial charge in [-0.05, 0) is 63.2 Å². The molecule has 4 rings (SSSR count). The molecule has 216 valence electrons. The summed E-state index contributed by atoms with van der Waals surface area (Å²) < 4.78 is 11.9.